The summed E-state index contributed by atoms with van der Waals surface area (Å²) in [5.41, 5.74) is 2.63. The third-order valence-electron chi connectivity index (χ3n) is 7.85. The zero-order valence-electron chi connectivity index (χ0n) is 16.7. The lowest BCUT2D eigenvalue weighted by Gasteiger charge is -2.64. The highest BCUT2D eigenvalue weighted by atomic mass is 16.5. The molecule has 4 bridgehead atoms. The molecule has 0 N–H and O–H groups in total. The molecule has 6 unspecified atom stereocenters. The molecule has 0 aromatic carbocycles. The van der Waals surface area contributed by atoms with Gasteiger partial charge in [-0.05, 0) is 75.3 Å². The van der Waals surface area contributed by atoms with E-state index in [1.54, 1.807) is 0 Å². The Labute approximate surface area is 153 Å². The molecule has 3 aliphatic carbocycles. The molecular formula is C23H35NO. The van der Waals surface area contributed by atoms with Crippen LogP contribution in [0.2, 0.25) is 0 Å². The maximum Gasteiger partial charge on any atom is 0.0778 e. The van der Waals surface area contributed by atoms with Gasteiger partial charge in [0.05, 0.1) is 11.2 Å². The number of pyridine rings is 1. The predicted molar refractivity (Wildman–Crippen MR) is 103 cm³/mol. The number of rotatable bonds is 1. The van der Waals surface area contributed by atoms with E-state index in [0.717, 1.165) is 29.4 Å². The van der Waals surface area contributed by atoms with Crippen molar-refractivity contribution in [2.75, 3.05) is 0 Å². The van der Waals surface area contributed by atoms with Gasteiger partial charge >= 0.3 is 0 Å². The summed E-state index contributed by atoms with van der Waals surface area (Å²) in [5.74, 6) is 3.72. The Bertz CT molecular complexity index is 643. The Morgan fingerprint density at radius 3 is 2.76 bits per heavy atom. The Morgan fingerprint density at radius 1 is 1.20 bits per heavy atom. The van der Waals surface area contributed by atoms with Crippen molar-refractivity contribution < 1.29 is 4.74 Å². The molecule has 6 rings (SSSR count). The summed E-state index contributed by atoms with van der Waals surface area (Å²) < 4.78 is 7.09. The molecule has 3 saturated carbocycles. The molecule has 2 aliphatic heterocycles. The molecule has 7 atom stereocenters. The SMILES string of the molecule is CC.Cc1cccc(C2C[C@@H]3C4CCCCC45CC(C)C3C2(C)O5)n1. The second-order valence-electron chi connectivity index (χ2n) is 9.07. The lowest BCUT2D eigenvalue weighted by molar-refractivity contribution is -0.300. The normalized spacial score (nSPS) is 47.0. The topological polar surface area (TPSA) is 22.1 Å². The van der Waals surface area contributed by atoms with Crippen LogP contribution in [-0.2, 0) is 4.74 Å². The Kier molecular flexibility index (Phi) is 4.26. The number of nitrogens with zero attached hydrogens (tertiary/aromatic N) is 1. The van der Waals surface area contributed by atoms with Crippen molar-refractivity contribution in [3.63, 3.8) is 0 Å². The minimum absolute atomic E-state index is 0.0109. The monoisotopic (exact) mass is 341 g/mol. The molecule has 5 aliphatic rings. The highest BCUT2D eigenvalue weighted by Crippen LogP contribution is 2.70. The fourth-order valence-electron chi connectivity index (χ4n) is 7.40. The van der Waals surface area contributed by atoms with Crippen LogP contribution in [0.15, 0.2) is 18.2 Å². The Balaban J connectivity index is 0.000000758. The molecule has 138 valence electrons. The molecule has 0 amide bonds. The number of aromatic nitrogens is 1. The van der Waals surface area contributed by atoms with Gasteiger partial charge in [-0.15, -0.1) is 0 Å². The van der Waals surface area contributed by atoms with Crippen LogP contribution in [0, 0.1) is 30.6 Å². The first-order valence-corrected chi connectivity index (χ1v) is 10.7. The first-order chi connectivity index (χ1) is 12.0. The van der Waals surface area contributed by atoms with Crippen molar-refractivity contribution in [1.82, 2.24) is 4.98 Å². The zero-order valence-corrected chi connectivity index (χ0v) is 16.7. The van der Waals surface area contributed by atoms with Gasteiger partial charge in [0, 0.05) is 17.3 Å². The van der Waals surface area contributed by atoms with Gasteiger partial charge in [-0.2, -0.15) is 0 Å². The van der Waals surface area contributed by atoms with E-state index >= 15 is 0 Å². The number of aryl methyl sites for hydroxylation is 1. The van der Waals surface area contributed by atoms with Crippen LogP contribution in [0.25, 0.3) is 0 Å². The number of hydrogen-bond acceptors (Lipinski definition) is 2. The highest BCUT2D eigenvalue weighted by Gasteiger charge is 2.70. The summed E-state index contributed by atoms with van der Waals surface area (Å²) >= 11 is 0. The predicted octanol–water partition coefficient (Wildman–Crippen LogP) is 5.89. The van der Waals surface area contributed by atoms with Gasteiger partial charge in [0.25, 0.3) is 0 Å². The van der Waals surface area contributed by atoms with Crippen LogP contribution in [0.5, 0.6) is 0 Å². The van der Waals surface area contributed by atoms with Crippen LogP contribution >= 0.6 is 0 Å². The van der Waals surface area contributed by atoms with Crippen LogP contribution < -0.4 is 0 Å². The van der Waals surface area contributed by atoms with Gasteiger partial charge in [0.1, 0.15) is 0 Å². The largest absolute Gasteiger partial charge is 0.368 e. The fourth-order valence-corrected chi connectivity index (χ4v) is 7.40. The van der Waals surface area contributed by atoms with E-state index in [1.807, 2.05) is 13.8 Å². The van der Waals surface area contributed by atoms with Gasteiger partial charge in [-0.1, -0.05) is 39.7 Å². The van der Waals surface area contributed by atoms with Crippen molar-refractivity contribution >= 4 is 0 Å². The first-order valence-electron chi connectivity index (χ1n) is 10.7. The minimum Gasteiger partial charge on any atom is -0.368 e. The summed E-state index contributed by atoms with van der Waals surface area (Å²) in [4.78, 5) is 4.90. The average molecular weight is 342 g/mol. The molecular weight excluding hydrogens is 306 g/mol. The third kappa shape index (κ3) is 2.36. The van der Waals surface area contributed by atoms with Crippen molar-refractivity contribution in [2.45, 2.75) is 90.3 Å². The van der Waals surface area contributed by atoms with Gasteiger partial charge in [-0.3, -0.25) is 4.98 Å². The van der Waals surface area contributed by atoms with Gasteiger partial charge in [-0.25, -0.2) is 0 Å². The highest BCUT2D eigenvalue weighted by molar-refractivity contribution is 5.27. The van der Waals surface area contributed by atoms with E-state index in [0.29, 0.717) is 5.92 Å². The van der Waals surface area contributed by atoms with E-state index in [9.17, 15) is 0 Å². The number of hydrogen-bond donors (Lipinski definition) is 0. The summed E-state index contributed by atoms with van der Waals surface area (Å²) in [6.07, 6.45) is 8.09. The Hall–Kier alpha value is -0.890. The summed E-state index contributed by atoms with van der Waals surface area (Å²) in [7, 11) is 0. The molecule has 2 nitrogen and oxygen atoms in total. The molecule has 0 radical (unpaired) electrons. The van der Waals surface area contributed by atoms with Crippen LogP contribution in [0.1, 0.15) is 83.5 Å². The van der Waals surface area contributed by atoms with Gasteiger partial charge in [0.15, 0.2) is 0 Å². The van der Waals surface area contributed by atoms with E-state index in [1.165, 1.54) is 44.2 Å². The number of ether oxygens (including phenoxy) is 1. The lowest BCUT2D eigenvalue weighted by Crippen LogP contribution is -2.66. The fraction of sp³-hybridized carbons (Fsp3) is 0.783. The quantitative estimate of drug-likeness (QED) is 0.635. The molecule has 5 fully saturated rings. The van der Waals surface area contributed by atoms with Gasteiger partial charge in [0.2, 0.25) is 0 Å². The van der Waals surface area contributed by atoms with Crippen molar-refractivity contribution in [3.8, 4) is 0 Å². The van der Waals surface area contributed by atoms with Crippen LogP contribution in [0.4, 0.5) is 0 Å². The third-order valence-corrected chi connectivity index (χ3v) is 7.85. The van der Waals surface area contributed by atoms with Crippen molar-refractivity contribution in [3.05, 3.63) is 29.6 Å². The first kappa shape index (κ1) is 17.5. The molecule has 3 heterocycles. The van der Waals surface area contributed by atoms with Crippen LogP contribution in [0.3, 0.4) is 0 Å². The van der Waals surface area contributed by atoms with E-state index in [2.05, 4.69) is 39.0 Å². The second kappa shape index (κ2) is 6.08. The number of fused-ring (bicyclic) bond motifs is 1. The smallest absolute Gasteiger partial charge is 0.0778 e. The standard InChI is InChI=1S/C21H29NO.C2H6/c1-13-12-21-10-5-4-8-16(21)15-11-17(20(3,23-21)19(13)15)18-9-6-7-14(2)22-18;1-2/h6-7,9,13,15-17,19H,4-5,8,10-12H2,1-3H3;1-2H3/t13?,15-,16?,17?,19?,20?,21?;/m1./s1. The van der Waals surface area contributed by atoms with E-state index < -0.39 is 0 Å². The molecule has 1 aromatic heterocycles. The second-order valence-corrected chi connectivity index (χ2v) is 9.07. The zero-order chi connectivity index (χ0) is 17.8. The van der Waals surface area contributed by atoms with Crippen LogP contribution in [-0.4, -0.2) is 16.2 Å². The molecule has 25 heavy (non-hydrogen) atoms. The Morgan fingerprint density at radius 2 is 2.00 bits per heavy atom. The summed E-state index contributed by atoms with van der Waals surface area (Å²) in [6, 6.07) is 6.53. The van der Waals surface area contributed by atoms with Crippen molar-refractivity contribution in [2.24, 2.45) is 23.7 Å². The molecule has 1 spiro atoms. The van der Waals surface area contributed by atoms with E-state index in [-0.39, 0.29) is 11.2 Å². The summed E-state index contributed by atoms with van der Waals surface area (Å²) in [5, 5.41) is 0. The lowest BCUT2D eigenvalue weighted by atomic mass is 9.52. The minimum atomic E-state index is 0.0109. The maximum atomic E-state index is 7.09. The van der Waals surface area contributed by atoms with E-state index in [4.69, 9.17) is 9.72 Å². The molecule has 2 saturated heterocycles. The average Bonchev–Trinajstić information content (AvgIpc) is 2.85. The molecule has 2 heteroatoms. The maximum absolute atomic E-state index is 7.09. The van der Waals surface area contributed by atoms with Gasteiger partial charge < -0.3 is 4.74 Å². The van der Waals surface area contributed by atoms with Crippen molar-refractivity contribution in [1.29, 1.82) is 0 Å². The molecule has 1 aromatic rings. The summed E-state index contributed by atoms with van der Waals surface area (Å²) in [6.45, 7) is 11.0.